The smallest absolute Gasteiger partial charge is 0.290 e. The fourth-order valence-corrected chi connectivity index (χ4v) is 4.98. The SMILES string of the molecule is CN(C)C[C@H]1[C@H]2CN(C(=O)Cc3ccc(F)c(F)c3)C[C@]23CC[C@H]1O3.O=CO. The highest BCUT2D eigenvalue weighted by atomic mass is 19.2. The number of benzene rings is 1. The first kappa shape index (κ1) is 20.7. The lowest BCUT2D eigenvalue weighted by Gasteiger charge is -2.30. The number of fused-ring (bicyclic) bond motifs is 1. The molecule has 4 rings (SSSR count). The number of carbonyl (C=O) groups is 2. The summed E-state index contributed by atoms with van der Waals surface area (Å²) in [5.41, 5.74) is 0.322. The molecule has 0 unspecified atom stereocenters. The van der Waals surface area contributed by atoms with Crippen LogP contribution in [-0.4, -0.2) is 72.7 Å². The van der Waals surface area contributed by atoms with Gasteiger partial charge in [0.1, 0.15) is 0 Å². The van der Waals surface area contributed by atoms with Gasteiger partial charge in [-0.2, -0.15) is 0 Å². The van der Waals surface area contributed by atoms with Gasteiger partial charge in [0.05, 0.1) is 24.7 Å². The summed E-state index contributed by atoms with van der Waals surface area (Å²) in [7, 11) is 4.14. The molecule has 154 valence electrons. The Morgan fingerprint density at radius 3 is 2.75 bits per heavy atom. The Labute approximate surface area is 163 Å². The number of amides is 1. The first-order chi connectivity index (χ1) is 13.3. The molecule has 4 atom stereocenters. The molecular formula is C20H26F2N2O4. The molecule has 0 aromatic heterocycles. The second-order valence-electron chi connectivity index (χ2n) is 8.10. The van der Waals surface area contributed by atoms with Crippen LogP contribution in [0.4, 0.5) is 8.78 Å². The van der Waals surface area contributed by atoms with Gasteiger partial charge in [-0.1, -0.05) is 6.07 Å². The number of nitrogens with zero attached hydrogens (tertiary/aromatic N) is 2. The van der Waals surface area contributed by atoms with Gasteiger partial charge in [0.25, 0.3) is 6.47 Å². The molecule has 3 aliphatic heterocycles. The Balaban J connectivity index is 0.000000706. The van der Waals surface area contributed by atoms with Crippen LogP contribution < -0.4 is 0 Å². The van der Waals surface area contributed by atoms with Gasteiger partial charge in [0, 0.05) is 24.9 Å². The number of carboxylic acid groups (broad SMARTS) is 1. The predicted octanol–water partition coefficient (Wildman–Crippen LogP) is 1.78. The zero-order chi connectivity index (χ0) is 20.5. The van der Waals surface area contributed by atoms with E-state index < -0.39 is 11.6 Å². The molecule has 3 saturated heterocycles. The van der Waals surface area contributed by atoms with Crippen LogP contribution in [0.3, 0.4) is 0 Å². The van der Waals surface area contributed by atoms with Gasteiger partial charge in [-0.05, 0) is 44.6 Å². The summed E-state index contributed by atoms with van der Waals surface area (Å²) >= 11 is 0. The molecule has 1 N–H and O–H groups in total. The molecule has 0 radical (unpaired) electrons. The molecule has 8 heteroatoms. The third kappa shape index (κ3) is 3.89. The molecule has 6 nitrogen and oxygen atoms in total. The molecule has 1 aromatic carbocycles. The van der Waals surface area contributed by atoms with Gasteiger partial charge in [-0.15, -0.1) is 0 Å². The third-order valence-corrected chi connectivity index (χ3v) is 6.05. The van der Waals surface area contributed by atoms with Gasteiger partial charge in [0.15, 0.2) is 11.6 Å². The van der Waals surface area contributed by atoms with Crippen molar-refractivity contribution in [2.45, 2.75) is 31.0 Å². The number of halogens is 2. The van der Waals surface area contributed by atoms with E-state index in [0.29, 0.717) is 36.6 Å². The summed E-state index contributed by atoms with van der Waals surface area (Å²) < 4.78 is 32.7. The topological polar surface area (TPSA) is 70.1 Å². The van der Waals surface area contributed by atoms with Crippen molar-refractivity contribution in [3.05, 3.63) is 35.4 Å². The summed E-state index contributed by atoms with van der Waals surface area (Å²) in [4.78, 5) is 25.1. The van der Waals surface area contributed by atoms with Crippen LogP contribution in [0.15, 0.2) is 18.2 Å². The molecule has 1 aromatic rings. The summed E-state index contributed by atoms with van der Waals surface area (Å²) in [6.45, 7) is 2.06. The van der Waals surface area contributed by atoms with E-state index in [1.54, 1.807) is 0 Å². The van der Waals surface area contributed by atoms with E-state index in [1.807, 2.05) is 4.90 Å². The maximum Gasteiger partial charge on any atom is 0.290 e. The van der Waals surface area contributed by atoms with Crippen LogP contribution in [0.1, 0.15) is 18.4 Å². The monoisotopic (exact) mass is 396 g/mol. The van der Waals surface area contributed by atoms with Crippen molar-refractivity contribution < 1.29 is 28.2 Å². The average Bonchev–Trinajstić information content (AvgIpc) is 3.28. The van der Waals surface area contributed by atoms with Crippen molar-refractivity contribution in [1.29, 1.82) is 0 Å². The zero-order valence-electron chi connectivity index (χ0n) is 16.1. The highest BCUT2D eigenvalue weighted by molar-refractivity contribution is 5.79. The molecule has 1 amide bonds. The number of carbonyl (C=O) groups excluding carboxylic acids is 1. The normalized spacial score (nSPS) is 30.2. The van der Waals surface area contributed by atoms with E-state index in [9.17, 15) is 13.6 Å². The van der Waals surface area contributed by atoms with Crippen LogP contribution in [0, 0.1) is 23.5 Å². The van der Waals surface area contributed by atoms with Crippen molar-refractivity contribution in [2.75, 3.05) is 33.7 Å². The molecule has 28 heavy (non-hydrogen) atoms. The van der Waals surface area contributed by atoms with Crippen LogP contribution in [0.25, 0.3) is 0 Å². The molecular weight excluding hydrogens is 370 g/mol. The van der Waals surface area contributed by atoms with Crippen LogP contribution in [0.5, 0.6) is 0 Å². The number of rotatable bonds is 4. The lowest BCUT2D eigenvalue weighted by atomic mass is 9.73. The van der Waals surface area contributed by atoms with Crippen molar-refractivity contribution >= 4 is 12.4 Å². The number of hydrogen-bond donors (Lipinski definition) is 1. The zero-order valence-corrected chi connectivity index (χ0v) is 16.1. The van der Waals surface area contributed by atoms with Crippen molar-refractivity contribution in [2.24, 2.45) is 11.8 Å². The lowest BCUT2D eigenvalue weighted by molar-refractivity contribution is -0.131. The Morgan fingerprint density at radius 2 is 2.11 bits per heavy atom. The summed E-state index contributed by atoms with van der Waals surface area (Å²) in [6.07, 6.45) is 2.50. The Morgan fingerprint density at radius 1 is 1.39 bits per heavy atom. The number of likely N-dealkylation sites (tertiary alicyclic amines) is 1. The van der Waals surface area contributed by atoms with Crippen molar-refractivity contribution in [1.82, 2.24) is 9.80 Å². The lowest BCUT2D eigenvalue weighted by Crippen LogP contribution is -2.40. The molecule has 3 fully saturated rings. The van der Waals surface area contributed by atoms with E-state index in [-0.39, 0.29) is 24.4 Å². The van der Waals surface area contributed by atoms with Gasteiger partial charge in [-0.3, -0.25) is 9.59 Å². The van der Waals surface area contributed by atoms with E-state index in [4.69, 9.17) is 14.6 Å². The first-order valence-electron chi connectivity index (χ1n) is 9.41. The minimum Gasteiger partial charge on any atom is -0.483 e. The molecule has 1 spiro atoms. The van der Waals surface area contributed by atoms with E-state index in [1.165, 1.54) is 6.07 Å². The van der Waals surface area contributed by atoms with Gasteiger partial charge in [-0.25, -0.2) is 8.78 Å². The van der Waals surface area contributed by atoms with Gasteiger partial charge < -0.3 is 19.6 Å². The van der Waals surface area contributed by atoms with E-state index in [0.717, 1.165) is 31.5 Å². The first-order valence-corrected chi connectivity index (χ1v) is 9.41. The molecule has 0 saturated carbocycles. The van der Waals surface area contributed by atoms with E-state index in [2.05, 4.69) is 19.0 Å². The maximum absolute atomic E-state index is 13.4. The van der Waals surface area contributed by atoms with Crippen LogP contribution in [-0.2, 0) is 20.7 Å². The van der Waals surface area contributed by atoms with Crippen molar-refractivity contribution in [3.63, 3.8) is 0 Å². The van der Waals surface area contributed by atoms with Crippen molar-refractivity contribution in [3.8, 4) is 0 Å². The van der Waals surface area contributed by atoms with E-state index >= 15 is 0 Å². The van der Waals surface area contributed by atoms with Crippen LogP contribution >= 0.6 is 0 Å². The predicted molar refractivity (Wildman–Crippen MR) is 97.7 cm³/mol. The Bertz CT molecular complexity index is 745. The minimum absolute atomic E-state index is 0.0366. The largest absolute Gasteiger partial charge is 0.483 e. The van der Waals surface area contributed by atoms with Crippen LogP contribution in [0.2, 0.25) is 0 Å². The highest BCUT2D eigenvalue weighted by Gasteiger charge is 2.63. The van der Waals surface area contributed by atoms with Gasteiger partial charge >= 0.3 is 0 Å². The Hall–Kier alpha value is -2.06. The maximum atomic E-state index is 13.4. The molecule has 3 heterocycles. The fraction of sp³-hybridized carbons (Fsp3) is 0.600. The summed E-state index contributed by atoms with van der Waals surface area (Å²) in [5.74, 6) is -0.990. The highest BCUT2D eigenvalue weighted by Crippen LogP contribution is 2.54. The molecule has 0 aliphatic carbocycles. The Kier molecular flexibility index (Phi) is 6.00. The quantitative estimate of drug-likeness (QED) is 0.786. The third-order valence-electron chi connectivity index (χ3n) is 6.05. The standard InChI is InChI=1S/C19H24F2N2O2.CH2O2/c1-22(2)9-13-14-10-23(11-19(14)6-5-17(13)25-19)18(24)8-12-3-4-15(20)16(21)7-12;2-1-3/h3-4,7,13-14,17H,5-6,8-11H2,1-2H3;1H,(H,2,3)/t13-,14+,17+,19+;/m0./s1. The second-order valence-corrected chi connectivity index (χ2v) is 8.10. The fourth-order valence-electron chi connectivity index (χ4n) is 4.98. The summed E-state index contributed by atoms with van der Waals surface area (Å²) in [6, 6.07) is 3.66. The number of hydrogen-bond acceptors (Lipinski definition) is 4. The molecule has 2 bridgehead atoms. The minimum atomic E-state index is -0.907. The average molecular weight is 396 g/mol. The second kappa shape index (κ2) is 8.13. The number of ether oxygens (including phenoxy) is 1. The van der Waals surface area contributed by atoms with Gasteiger partial charge in [0.2, 0.25) is 5.91 Å². The molecule has 3 aliphatic rings. The summed E-state index contributed by atoms with van der Waals surface area (Å²) in [5, 5.41) is 6.89.